The molecule has 106 valence electrons. The first kappa shape index (κ1) is 14.6. The van der Waals surface area contributed by atoms with Gasteiger partial charge in [0.25, 0.3) is 0 Å². The minimum absolute atomic E-state index is 0.321. The molecule has 1 N–H and O–H groups in total. The van der Waals surface area contributed by atoms with Gasteiger partial charge in [0.2, 0.25) is 0 Å². The smallest absolute Gasteiger partial charge is 0.131 e. The van der Waals surface area contributed by atoms with Crippen LogP contribution in [0.4, 0.5) is 13.2 Å². The Kier molecular flexibility index (Phi) is 4.14. The van der Waals surface area contributed by atoms with E-state index in [0.717, 1.165) is 22.8 Å². The molecule has 1 atom stereocenters. The zero-order valence-electron chi connectivity index (χ0n) is 11.6. The second-order valence-electron chi connectivity index (χ2n) is 4.84. The van der Waals surface area contributed by atoms with Crippen LogP contribution in [0.3, 0.4) is 0 Å². The molecule has 0 aliphatic heterocycles. The number of benzene rings is 2. The van der Waals surface area contributed by atoms with E-state index in [4.69, 9.17) is 0 Å². The molecule has 0 amide bonds. The number of halogens is 3. The van der Waals surface area contributed by atoms with E-state index in [-0.39, 0.29) is 5.82 Å². The van der Waals surface area contributed by atoms with Gasteiger partial charge in [0.05, 0.1) is 6.04 Å². The molecule has 1 unspecified atom stereocenters. The summed E-state index contributed by atoms with van der Waals surface area (Å²) >= 11 is 0. The standard InChI is InChI=1S/C16H16F3N/c1-9-6-12(18)7-10(2)15(9)16(20-3)13-5-4-11(17)8-14(13)19/h4-8,16,20H,1-3H3. The lowest BCUT2D eigenvalue weighted by molar-refractivity contribution is 0.549. The second-order valence-corrected chi connectivity index (χ2v) is 4.84. The van der Waals surface area contributed by atoms with Gasteiger partial charge in [-0.3, -0.25) is 0 Å². The molecule has 0 radical (unpaired) electrons. The summed E-state index contributed by atoms with van der Waals surface area (Å²) in [5, 5.41) is 3.01. The van der Waals surface area contributed by atoms with Gasteiger partial charge in [0, 0.05) is 11.6 Å². The SMILES string of the molecule is CNC(c1ccc(F)cc1F)c1c(C)cc(F)cc1C. The van der Waals surface area contributed by atoms with E-state index < -0.39 is 17.7 Å². The summed E-state index contributed by atoms with van der Waals surface area (Å²) in [7, 11) is 1.69. The lowest BCUT2D eigenvalue weighted by atomic mass is 9.91. The molecule has 0 aliphatic rings. The van der Waals surface area contributed by atoms with Crippen molar-refractivity contribution in [1.82, 2.24) is 5.32 Å². The highest BCUT2D eigenvalue weighted by atomic mass is 19.1. The summed E-state index contributed by atoms with van der Waals surface area (Å²) in [6.45, 7) is 3.55. The highest BCUT2D eigenvalue weighted by Gasteiger charge is 2.20. The van der Waals surface area contributed by atoms with Gasteiger partial charge in [-0.15, -0.1) is 0 Å². The molecule has 2 aromatic carbocycles. The van der Waals surface area contributed by atoms with Crippen LogP contribution in [0.15, 0.2) is 30.3 Å². The molecule has 0 fully saturated rings. The quantitative estimate of drug-likeness (QED) is 0.894. The summed E-state index contributed by atoms with van der Waals surface area (Å²) in [6.07, 6.45) is 0. The minimum atomic E-state index is -0.618. The zero-order chi connectivity index (χ0) is 14.9. The first-order valence-electron chi connectivity index (χ1n) is 6.33. The Hall–Kier alpha value is -1.81. The van der Waals surface area contributed by atoms with Gasteiger partial charge in [-0.05, 0) is 55.8 Å². The van der Waals surface area contributed by atoms with E-state index in [9.17, 15) is 13.2 Å². The summed E-state index contributed by atoms with van der Waals surface area (Å²) in [4.78, 5) is 0. The maximum absolute atomic E-state index is 14.0. The topological polar surface area (TPSA) is 12.0 Å². The maximum atomic E-state index is 14.0. The molecule has 0 saturated heterocycles. The molecule has 0 spiro atoms. The first-order chi connectivity index (χ1) is 9.43. The van der Waals surface area contributed by atoms with Crippen LogP contribution in [0, 0.1) is 31.3 Å². The number of nitrogens with one attached hydrogen (secondary N) is 1. The lowest BCUT2D eigenvalue weighted by Gasteiger charge is -2.22. The molecule has 2 aromatic rings. The average Bonchev–Trinajstić information content (AvgIpc) is 2.34. The first-order valence-corrected chi connectivity index (χ1v) is 6.33. The van der Waals surface area contributed by atoms with Crippen molar-refractivity contribution < 1.29 is 13.2 Å². The summed E-state index contributed by atoms with van der Waals surface area (Å²) in [5.74, 6) is -1.56. The fourth-order valence-electron chi connectivity index (χ4n) is 2.57. The summed E-state index contributed by atoms with van der Waals surface area (Å²) in [6, 6.07) is 5.86. The molecule has 0 heterocycles. The van der Waals surface area contributed by atoms with Crippen LogP contribution in [0.25, 0.3) is 0 Å². The van der Waals surface area contributed by atoms with Crippen LogP contribution in [0.5, 0.6) is 0 Å². The zero-order valence-corrected chi connectivity index (χ0v) is 11.6. The Labute approximate surface area is 116 Å². The second kappa shape index (κ2) is 5.67. The van der Waals surface area contributed by atoms with Crippen molar-refractivity contribution in [2.75, 3.05) is 7.05 Å². The van der Waals surface area contributed by atoms with Gasteiger partial charge in [0.1, 0.15) is 17.5 Å². The number of hydrogen-bond acceptors (Lipinski definition) is 1. The molecule has 0 aliphatic carbocycles. The van der Waals surface area contributed by atoms with E-state index in [1.807, 2.05) is 0 Å². The van der Waals surface area contributed by atoms with Crippen LogP contribution >= 0.6 is 0 Å². The van der Waals surface area contributed by atoms with Crippen molar-refractivity contribution >= 4 is 0 Å². The van der Waals surface area contributed by atoms with Crippen molar-refractivity contribution in [3.63, 3.8) is 0 Å². The molecule has 0 saturated carbocycles. The van der Waals surface area contributed by atoms with Gasteiger partial charge < -0.3 is 5.32 Å². The van der Waals surface area contributed by atoms with Crippen molar-refractivity contribution in [2.24, 2.45) is 0 Å². The third-order valence-corrected chi connectivity index (χ3v) is 3.41. The molecule has 20 heavy (non-hydrogen) atoms. The number of aryl methyl sites for hydroxylation is 2. The molecular weight excluding hydrogens is 263 g/mol. The summed E-state index contributed by atoms with van der Waals surface area (Å²) < 4.78 is 40.3. The van der Waals surface area contributed by atoms with E-state index in [0.29, 0.717) is 5.56 Å². The van der Waals surface area contributed by atoms with Crippen LogP contribution in [0.2, 0.25) is 0 Å². The largest absolute Gasteiger partial charge is 0.309 e. The molecule has 2 rings (SSSR count). The Balaban J connectivity index is 2.58. The molecule has 1 nitrogen and oxygen atoms in total. The Morgan fingerprint density at radius 2 is 1.50 bits per heavy atom. The normalized spacial score (nSPS) is 12.5. The fourth-order valence-corrected chi connectivity index (χ4v) is 2.57. The van der Waals surface area contributed by atoms with Crippen molar-refractivity contribution in [1.29, 1.82) is 0 Å². The van der Waals surface area contributed by atoms with Gasteiger partial charge in [-0.2, -0.15) is 0 Å². The van der Waals surface area contributed by atoms with Crippen LogP contribution in [-0.4, -0.2) is 7.05 Å². The molecule has 0 aromatic heterocycles. The monoisotopic (exact) mass is 279 g/mol. The molecule has 0 bridgehead atoms. The lowest BCUT2D eigenvalue weighted by Crippen LogP contribution is -2.21. The average molecular weight is 279 g/mol. The van der Waals surface area contributed by atoms with Crippen molar-refractivity contribution in [3.05, 3.63) is 70.0 Å². The van der Waals surface area contributed by atoms with Gasteiger partial charge in [-0.1, -0.05) is 6.07 Å². The van der Waals surface area contributed by atoms with Crippen LogP contribution < -0.4 is 5.32 Å². The van der Waals surface area contributed by atoms with E-state index >= 15 is 0 Å². The summed E-state index contributed by atoms with van der Waals surface area (Å²) in [5.41, 5.74) is 2.60. The maximum Gasteiger partial charge on any atom is 0.131 e. The highest BCUT2D eigenvalue weighted by molar-refractivity contribution is 5.42. The highest BCUT2D eigenvalue weighted by Crippen LogP contribution is 2.30. The van der Waals surface area contributed by atoms with Crippen LogP contribution in [0.1, 0.15) is 28.3 Å². The van der Waals surface area contributed by atoms with Gasteiger partial charge >= 0.3 is 0 Å². The molecule has 4 heteroatoms. The number of hydrogen-bond donors (Lipinski definition) is 1. The predicted octanol–water partition coefficient (Wildman–Crippen LogP) is 4.03. The van der Waals surface area contributed by atoms with Gasteiger partial charge in [0.15, 0.2) is 0 Å². The van der Waals surface area contributed by atoms with Gasteiger partial charge in [-0.25, -0.2) is 13.2 Å². The molecular formula is C16H16F3N. The van der Waals surface area contributed by atoms with Crippen molar-refractivity contribution in [2.45, 2.75) is 19.9 Å². The van der Waals surface area contributed by atoms with E-state index in [1.54, 1.807) is 20.9 Å². The van der Waals surface area contributed by atoms with Crippen LogP contribution in [-0.2, 0) is 0 Å². The van der Waals surface area contributed by atoms with E-state index in [2.05, 4.69) is 5.32 Å². The minimum Gasteiger partial charge on any atom is -0.309 e. The number of rotatable bonds is 3. The van der Waals surface area contributed by atoms with Crippen molar-refractivity contribution in [3.8, 4) is 0 Å². The Morgan fingerprint density at radius 1 is 0.900 bits per heavy atom. The third-order valence-electron chi connectivity index (χ3n) is 3.41. The van der Waals surface area contributed by atoms with E-state index in [1.165, 1.54) is 24.3 Å². The Morgan fingerprint density at radius 3 is 2.00 bits per heavy atom. The Bertz CT molecular complexity index is 615. The third kappa shape index (κ3) is 2.70. The fraction of sp³-hybridized carbons (Fsp3) is 0.250. The predicted molar refractivity (Wildman–Crippen MR) is 73.1 cm³/mol.